The molecule has 0 heterocycles. The maximum Gasteiger partial charge on any atom is 0.304 e. The lowest BCUT2D eigenvalue weighted by Crippen LogP contribution is -2.18. The molecule has 0 amide bonds. The predicted octanol–water partition coefficient (Wildman–Crippen LogP) is 1.12. The number of hydrogen-bond donors (Lipinski definition) is 2. The van der Waals surface area contributed by atoms with Crippen molar-refractivity contribution in [1.82, 2.24) is 5.32 Å². The first-order valence-electron chi connectivity index (χ1n) is 4.64. The van der Waals surface area contributed by atoms with Gasteiger partial charge in [-0.25, -0.2) is 0 Å². The second-order valence-electron chi connectivity index (χ2n) is 3.09. The van der Waals surface area contributed by atoms with Crippen molar-refractivity contribution in [3.8, 4) is 6.07 Å². The molecule has 15 heavy (non-hydrogen) atoms. The summed E-state index contributed by atoms with van der Waals surface area (Å²) in [7, 11) is 0. The number of carboxylic acids is 1. The molecule has 0 fully saturated rings. The van der Waals surface area contributed by atoms with Crippen LogP contribution in [0.25, 0.3) is 0 Å². The van der Waals surface area contributed by atoms with Gasteiger partial charge in [0.1, 0.15) is 0 Å². The maximum atomic E-state index is 10.2. The Labute approximate surface area is 88.2 Å². The lowest BCUT2D eigenvalue weighted by atomic mass is 10.1. The Kier molecular flexibility index (Phi) is 4.32. The zero-order valence-electron chi connectivity index (χ0n) is 8.23. The molecule has 78 valence electrons. The summed E-state index contributed by atoms with van der Waals surface area (Å²) in [5.74, 6) is -0.823. The number of carboxylic acid groups (broad SMARTS) is 1. The van der Waals surface area contributed by atoms with E-state index in [1.807, 2.05) is 12.1 Å². The molecule has 2 N–H and O–H groups in total. The van der Waals surface area contributed by atoms with Crippen molar-refractivity contribution in [2.45, 2.75) is 13.0 Å². The number of carbonyl (C=O) groups is 1. The summed E-state index contributed by atoms with van der Waals surface area (Å²) in [6.07, 6.45) is 0.0920. The number of benzene rings is 1. The highest BCUT2D eigenvalue weighted by atomic mass is 16.4. The van der Waals surface area contributed by atoms with E-state index in [9.17, 15) is 4.79 Å². The number of nitrogens with one attached hydrogen (secondary N) is 1. The van der Waals surface area contributed by atoms with Gasteiger partial charge in [-0.2, -0.15) is 5.26 Å². The topological polar surface area (TPSA) is 73.1 Å². The van der Waals surface area contributed by atoms with Gasteiger partial charge in [-0.3, -0.25) is 4.79 Å². The summed E-state index contributed by atoms with van der Waals surface area (Å²) < 4.78 is 0. The van der Waals surface area contributed by atoms with Crippen LogP contribution in [0.3, 0.4) is 0 Å². The van der Waals surface area contributed by atoms with Crippen molar-refractivity contribution in [3.63, 3.8) is 0 Å². The van der Waals surface area contributed by atoms with Crippen LogP contribution in [0, 0.1) is 11.3 Å². The van der Waals surface area contributed by atoms with Gasteiger partial charge in [0.25, 0.3) is 0 Å². The van der Waals surface area contributed by atoms with Gasteiger partial charge >= 0.3 is 5.97 Å². The quantitative estimate of drug-likeness (QED) is 0.705. The van der Waals surface area contributed by atoms with Crippen molar-refractivity contribution in [3.05, 3.63) is 35.4 Å². The van der Waals surface area contributed by atoms with Gasteiger partial charge in [-0.05, 0) is 11.6 Å². The van der Waals surface area contributed by atoms with Crippen LogP contribution < -0.4 is 5.32 Å². The number of hydrogen-bond acceptors (Lipinski definition) is 3. The van der Waals surface area contributed by atoms with Crippen LogP contribution in [-0.4, -0.2) is 17.6 Å². The fourth-order valence-corrected chi connectivity index (χ4v) is 1.20. The van der Waals surface area contributed by atoms with E-state index < -0.39 is 5.97 Å². The first kappa shape index (κ1) is 11.2. The van der Waals surface area contributed by atoms with Gasteiger partial charge in [-0.1, -0.05) is 18.2 Å². The molecule has 0 saturated carbocycles. The maximum absolute atomic E-state index is 10.2. The largest absolute Gasteiger partial charge is 0.481 e. The van der Waals surface area contributed by atoms with E-state index >= 15 is 0 Å². The van der Waals surface area contributed by atoms with E-state index in [1.165, 1.54) is 0 Å². The molecule has 0 aliphatic heterocycles. The third kappa shape index (κ3) is 3.79. The highest BCUT2D eigenvalue weighted by molar-refractivity contribution is 5.66. The Morgan fingerprint density at radius 1 is 1.47 bits per heavy atom. The molecule has 0 aliphatic rings. The lowest BCUT2D eigenvalue weighted by molar-refractivity contribution is -0.136. The molecule has 0 saturated heterocycles. The van der Waals surface area contributed by atoms with Crippen LogP contribution >= 0.6 is 0 Å². The standard InChI is InChI=1S/C11H12N2O2/c12-7-9-3-1-2-4-10(9)8-13-6-5-11(14)15/h1-4,13H,5-6,8H2,(H,14,15). The highest BCUT2D eigenvalue weighted by Crippen LogP contribution is 2.06. The van der Waals surface area contributed by atoms with Gasteiger partial charge in [0, 0.05) is 13.1 Å². The summed E-state index contributed by atoms with van der Waals surface area (Å²) >= 11 is 0. The molecule has 1 aromatic carbocycles. The third-order valence-corrected chi connectivity index (χ3v) is 1.97. The number of aliphatic carboxylic acids is 1. The number of nitrogens with zero attached hydrogens (tertiary/aromatic N) is 1. The Morgan fingerprint density at radius 2 is 2.20 bits per heavy atom. The summed E-state index contributed by atoms with van der Waals surface area (Å²) in [5.41, 5.74) is 1.52. The average molecular weight is 204 g/mol. The smallest absolute Gasteiger partial charge is 0.304 e. The number of rotatable bonds is 5. The molecular formula is C11H12N2O2. The molecule has 4 nitrogen and oxygen atoms in total. The minimum Gasteiger partial charge on any atom is -0.481 e. The summed E-state index contributed by atoms with van der Waals surface area (Å²) in [5, 5.41) is 20.2. The molecule has 1 rings (SSSR count). The molecule has 0 atom stereocenters. The highest BCUT2D eigenvalue weighted by Gasteiger charge is 2.00. The van der Waals surface area contributed by atoms with Crippen molar-refractivity contribution in [2.24, 2.45) is 0 Å². The van der Waals surface area contributed by atoms with Crippen LogP contribution in [0.5, 0.6) is 0 Å². The second kappa shape index (κ2) is 5.78. The number of nitriles is 1. The Bertz CT molecular complexity index is 382. The normalized spacial score (nSPS) is 9.53. The van der Waals surface area contributed by atoms with E-state index in [4.69, 9.17) is 10.4 Å². The first-order chi connectivity index (χ1) is 7.24. The molecule has 0 unspecified atom stereocenters. The van der Waals surface area contributed by atoms with E-state index in [1.54, 1.807) is 12.1 Å². The first-order valence-corrected chi connectivity index (χ1v) is 4.64. The molecule has 0 spiro atoms. The minimum absolute atomic E-state index is 0.0920. The Morgan fingerprint density at radius 3 is 2.87 bits per heavy atom. The molecule has 0 bridgehead atoms. The van der Waals surface area contributed by atoms with Gasteiger partial charge in [-0.15, -0.1) is 0 Å². The van der Waals surface area contributed by atoms with Gasteiger partial charge in [0.05, 0.1) is 18.1 Å². The monoisotopic (exact) mass is 204 g/mol. The van der Waals surface area contributed by atoms with Crippen LogP contribution in [0.4, 0.5) is 0 Å². The van der Waals surface area contributed by atoms with E-state index in [0.717, 1.165) is 5.56 Å². The fourth-order valence-electron chi connectivity index (χ4n) is 1.20. The van der Waals surface area contributed by atoms with E-state index in [-0.39, 0.29) is 6.42 Å². The molecule has 0 aromatic heterocycles. The van der Waals surface area contributed by atoms with Gasteiger partial charge in [0.15, 0.2) is 0 Å². The van der Waals surface area contributed by atoms with Crippen molar-refractivity contribution in [2.75, 3.05) is 6.54 Å². The fraction of sp³-hybridized carbons (Fsp3) is 0.273. The zero-order valence-corrected chi connectivity index (χ0v) is 8.23. The Balaban J connectivity index is 2.44. The molecule has 1 aromatic rings. The van der Waals surface area contributed by atoms with Crippen molar-refractivity contribution < 1.29 is 9.90 Å². The lowest BCUT2D eigenvalue weighted by Gasteiger charge is -2.04. The summed E-state index contributed by atoms with van der Waals surface area (Å²) in [6.45, 7) is 0.937. The molecule has 4 heteroatoms. The van der Waals surface area contributed by atoms with E-state index in [0.29, 0.717) is 18.7 Å². The minimum atomic E-state index is -0.823. The van der Waals surface area contributed by atoms with Crippen LogP contribution in [0.2, 0.25) is 0 Å². The average Bonchev–Trinajstić information content (AvgIpc) is 2.24. The molecule has 0 radical (unpaired) electrons. The Hall–Kier alpha value is -1.86. The SMILES string of the molecule is N#Cc1ccccc1CNCCC(=O)O. The third-order valence-electron chi connectivity index (χ3n) is 1.97. The van der Waals surface area contributed by atoms with Crippen molar-refractivity contribution >= 4 is 5.97 Å². The zero-order chi connectivity index (χ0) is 11.1. The van der Waals surface area contributed by atoms with Crippen LogP contribution in [0.15, 0.2) is 24.3 Å². The predicted molar refractivity (Wildman–Crippen MR) is 55.1 cm³/mol. The van der Waals surface area contributed by atoms with Crippen LogP contribution in [0.1, 0.15) is 17.5 Å². The van der Waals surface area contributed by atoms with Gasteiger partial charge in [0.2, 0.25) is 0 Å². The van der Waals surface area contributed by atoms with Crippen LogP contribution in [-0.2, 0) is 11.3 Å². The van der Waals surface area contributed by atoms with Gasteiger partial charge < -0.3 is 10.4 Å². The van der Waals surface area contributed by atoms with Crippen molar-refractivity contribution in [1.29, 1.82) is 5.26 Å². The van der Waals surface area contributed by atoms with E-state index in [2.05, 4.69) is 11.4 Å². The molecular weight excluding hydrogens is 192 g/mol. The molecule has 0 aliphatic carbocycles. The summed E-state index contributed by atoms with van der Waals surface area (Å²) in [4.78, 5) is 10.2. The summed E-state index contributed by atoms with van der Waals surface area (Å²) in [6, 6.07) is 9.35. The second-order valence-corrected chi connectivity index (χ2v) is 3.09.